The predicted molar refractivity (Wildman–Crippen MR) is 83.7 cm³/mol. The lowest BCUT2D eigenvalue weighted by Crippen LogP contribution is -2.29. The number of methoxy groups -OCH3 is 1. The summed E-state index contributed by atoms with van der Waals surface area (Å²) in [6.45, 7) is 4.98. The van der Waals surface area contributed by atoms with Gasteiger partial charge in [0.2, 0.25) is 0 Å². The highest BCUT2D eigenvalue weighted by atomic mass is 32.1. The van der Waals surface area contributed by atoms with Gasteiger partial charge in [-0.2, -0.15) is 0 Å². The summed E-state index contributed by atoms with van der Waals surface area (Å²) in [6.07, 6.45) is 6.28. The van der Waals surface area contributed by atoms with Crippen LogP contribution in [-0.2, 0) is 11.2 Å². The van der Waals surface area contributed by atoms with Crippen molar-refractivity contribution >= 4 is 16.5 Å². The molecule has 1 aromatic rings. The van der Waals surface area contributed by atoms with Crippen LogP contribution in [0.25, 0.3) is 0 Å². The van der Waals surface area contributed by atoms with Crippen molar-refractivity contribution in [3.63, 3.8) is 0 Å². The van der Waals surface area contributed by atoms with Gasteiger partial charge >= 0.3 is 0 Å². The topological polar surface area (TPSA) is 37.4 Å². The Labute approximate surface area is 125 Å². The minimum atomic E-state index is 0.526. The Bertz CT molecular complexity index is 444. The Kier molecular flexibility index (Phi) is 4.58. The van der Waals surface area contributed by atoms with Crippen molar-refractivity contribution in [3.05, 3.63) is 10.6 Å². The van der Waals surface area contributed by atoms with E-state index in [0.717, 1.165) is 26.1 Å². The van der Waals surface area contributed by atoms with Crippen LogP contribution in [0.5, 0.6) is 0 Å². The van der Waals surface area contributed by atoms with E-state index in [1.165, 1.54) is 41.4 Å². The first-order valence-corrected chi connectivity index (χ1v) is 8.63. The monoisotopic (exact) mass is 295 g/mol. The molecule has 1 N–H and O–H groups in total. The SMILES string of the molecule is CCNC1CCCc2nc(N(CCOC)C3CC3)sc21. The van der Waals surface area contributed by atoms with Gasteiger partial charge in [-0.3, -0.25) is 0 Å². The van der Waals surface area contributed by atoms with E-state index < -0.39 is 0 Å². The summed E-state index contributed by atoms with van der Waals surface area (Å²) in [7, 11) is 1.78. The van der Waals surface area contributed by atoms with Gasteiger partial charge in [-0.15, -0.1) is 0 Å². The molecule has 0 aliphatic heterocycles. The molecule has 4 nitrogen and oxygen atoms in total. The first-order valence-electron chi connectivity index (χ1n) is 7.82. The van der Waals surface area contributed by atoms with Crippen molar-refractivity contribution in [3.8, 4) is 0 Å². The van der Waals surface area contributed by atoms with Crippen molar-refractivity contribution in [2.45, 2.75) is 51.1 Å². The second-order valence-corrected chi connectivity index (χ2v) is 6.74. The minimum Gasteiger partial charge on any atom is -0.383 e. The molecule has 2 aliphatic rings. The molecule has 1 unspecified atom stereocenters. The average molecular weight is 295 g/mol. The van der Waals surface area contributed by atoms with Gasteiger partial charge in [0.05, 0.1) is 12.3 Å². The van der Waals surface area contributed by atoms with E-state index in [1.54, 1.807) is 7.11 Å². The van der Waals surface area contributed by atoms with E-state index in [2.05, 4.69) is 17.1 Å². The number of hydrogen-bond donors (Lipinski definition) is 1. The maximum atomic E-state index is 5.26. The van der Waals surface area contributed by atoms with Gasteiger partial charge in [0.15, 0.2) is 5.13 Å². The molecular weight excluding hydrogens is 270 g/mol. The number of anilines is 1. The Morgan fingerprint density at radius 2 is 2.25 bits per heavy atom. The standard InChI is InChI=1S/C15H25N3OS/c1-3-16-12-5-4-6-13-14(12)20-15(17-13)18(9-10-19-2)11-7-8-11/h11-12,16H,3-10H2,1-2H3. The molecule has 0 radical (unpaired) electrons. The average Bonchev–Trinajstić information content (AvgIpc) is 3.18. The van der Waals surface area contributed by atoms with E-state index in [9.17, 15) is 0 Å². The molecule has 0 spiro atoms. The van der Waals surface area contributed by atoms with E-state index in [0.29, 0.717) is 12.1 Å². The van der Waals surface area contributed by atoms with E-state index >= 15 is 0 Å². The third-order valence-electron chi connectivity index (χ3n) is 4.16. The number of thiazole rings is 1. The fourth-order valence-electron chi connectivity index (χ4n) is 2.98. The van der Waals surface area contributed by atoms with Gasteiger partial charge in [-0.1, -0.05) is 18.3 Å². The first-order chi connectivity index (χ1) is 9.83. The molecule has 5 heteroatoms. The van der Waals surface area contributed by atoms with Gasteiger partial charge in [0.1, 0.15) is 0 Å². The minimum absolute atomic E-state index is 0.526. The molecule has 112 valence electrons. The summed E-state index contributed by atoms with van der Waals surface area (Å²) in [4.78, 5) is 8.90. The molecule has 0 amide bonds. The number of hydrogen-bond acceptors (Lipinski definition) is 5. The molecular formula is C15H25N3OS. The maximum Gasteiger partial charge on any atom is 0.186 e. The number of fused-ring (bicyclic) bond motifs is 1. The number of ether oxygens (including phenoxy) is 1. The van der Waals surface area contributed by atoms with Gasteiger partial charge < -0.3 is 15.0 Å². The van der Waals surface area contributed by atoms with Crippen molar-refractivity contribution in [2.24, 2.45) is 0 Å². The van der Waals surface area contributed by atoms with Crippen LogP contribution in [-0.4, -0.2) is 37.8 Å². The quantitative estimate of drug-likeness (QED) is 0.839. The number of rotatable bonds is 7. The highest BCUT2D eigenvalue weighted by Crippen LogP contribution is 2.40. The lowest BCUT2D eigenvalue weighted by Gasteiger charge is -2.21. The normalized spacial score (nSPS) is 21.8. The van der Waals surface area contributed by atoms with Gasteiger partial charge in [0.25, 0.3) is 0 Å². The lowest BCUT2D eigenvalue weighted by atomic mass is 9.98. The van der Waals surface area contributed by atoms with Crippen LogP contribution in [0, 0.1) is 0 Å². The zero-order chi connectivity index (χ0) is 13.9. The molecule has 3 rings (SSSR count). The van der Waals surface area contributed by atoms with Gasteiger partial charge in [0, 0.05) is 30.6 Å². The molecule has 0 aromatic carbocycles. The molecule has 2 aliphatic carbocycles. The summed E-state index contributed by atoms with van der Waals surface area (Å²) in [5.41, 5.74) is 1.34. The molecule has 1 heterocycles. The maximum absolute atomic E-state index is 5.26. The van der Waals surface area contributed by atoms with Crippen LogP contribution in [0.3, 0.4) is 0 Å². The zero-order valence-corrected chi connectivity index (χ0v) is 13.3. The fraction of sp³-hybridized carbons (Fsp3) is 0.800. The Morgan fingerprint density at radius 3 is 2.95 bits per heavy atom. The number of nitrogens with zero attached hydrogens (tertiary/aromatic N) is 2. The number of aryl methyl sites for hydroxylation is 1. The summed E-state index contributed by atoms with van der Waals surface area (Å²) >= 11 is 1.91. The third-order valence-corrected chi connectivity index (χ3v) is 5.41. The molecule has 0 saturated heterocycles. The second kappa shape index (κ2) is 6.41. The van der Waals surface area contributed by atoms with Crippen LogP contribution >= 0.6 is 11.3 Å². The van der Waals surface area contributed by atoms with Gasteiger partial charge in [-0.25, -0.2) is 4.98 Å². The van der Waals surface area contributed by atoms with Crippen LogP contribution < -0.4 is 10.2 Å². The largest absolute Gasteiger partial charge is 0.383 e. The van der Waals surface area contributed by atoms with E-state index in [-0.39, 0.29) is 0 Å². The third kappa shape index (κ3) is 3.00. The molecule has 1 fully saturated rings. The van der Waals surface area contributed by atoms with Crippen LogP contribution in [0.4, 0.5) is 5.13 Å². The second-order valence-electron chi connectivity index (χ2n) is 5.73. The van der Waals surface area contributed by atoms with Crippen molar-refractivity contribution in [1.29, 1.82) is 0 Å². The summed E-state index contributed by atoms with van der Waals surface area (Å²) in [6, 6.07) is 1.23. The zero-order valence-electron chi connectivity index (χ0n) is 12.5. The van der Waals surface area contributed by atoms with Crippen LogP contribution in [0.1, 0.15) is 49.2 Å². The highest BCUT2D eigenvalue weighted by Gasteiger charge is 2.33. The van der Waals surface area contributed by atoms with Crippen molar-refractivity contribution in [2.75, 3.05) is 31.7 Å². The highest BCUT2D eigenvalue weighted by molar-refractivity contribution is 7.15. The summed E-state index contributed by atoms with van der Waals surface area (Å²) in [5, 5.41) is 4.83. The summed E-state index contributed by atoms with van der Waals surface area (Å²) in [5.74, 6) is 0. The number of aromatic nitrogens is 1. The first kappa shape index (κ1) is 14.3. The lowest BCUT2D eigenvalue weighted by molar-refractivity contribution is 0.205. The molecule has 1 saturated carbocycles. The Balaban J connectivity index is 1.79. The molecule has 0 bridgehead atoms. The molecule has 1 atom stereocenters. The van der Waals surface area contributed by atoms with E-state index in [1.807, 2.05) is 11.3 Å². The van der Waals surface area contributed by atoms with Crippen LogP contribution in [0.15, 0.2) is 0 Å². The number of nitrogens with one attached hydrogen (secondary N) is 1. The Hall–Kier alpha value is -0.650. The smallest absolute Gasteiger partial charge is 0.186 e. The molecule has 1 aromatic heterocycles. The Morgan fingerprint density at radius 1 is 1.40 bits per heavy atom. The van der Waals surface area contributed by atoms with Gasteiger partial charge in [-0.05, 0) is 38.6 Å². The van der Waals surface area contributed by atoms with Crippen molar-refractivity contribution < 1.29 is 4.74 Å². The van der Waals surface area contributed by atoms with E-state index in [4.69, 9.17) is 9.72 Å². The predicted octanol–water partition coefficient (Wildman–Crippen LogP) is 2.75. The molecule has 20 heavy (non-hydrogen) atoms. The van der Waals surface area contributed by atoms with Crippen LogP contribution in [0.2, 0.25) is 0 Å². The fourth-order valence-corrected chi connectivity index (χ4v) is 4.30. The summed E-state index contributed by atoms with van der Waals surface area (Å²) < 4.78 is 5.26. The van der Waals surface area contributed by atoms with Crippen molar-refractivity contribution in [1.82, 2.24) is 10.3 Å².